The largest absolute Gasteiger partial charge is 0.466 e. The average Bonchev–Trinajstić information content (AvgIpc) is 2.64. The fourth-order valence-corrected chi connectivity index (χ4v) is 2.78. The van der Waals surface area contributed by atoms with E-state index in [0.717, 1.165) is 37.4 Å². The molecule has 0 aliphatic carbocycles. The first-order valence-electron chi connectivity index (χ1n) is 7.15. The highest BCUT2D eigenvalue weighted by atomic mass is 16.3. The fourth-order valence-electron chi connectivity index (χ4n) is 2.78. The number of aryl methyl sites for hydroxylation is 2. The van der Waals surface area contributed by atoms with Crippen molar-refractivity contribution in [3.63, 3.8) is 0 Å². The molecule has 1 amide bonds. The molecule has 1 unspecified atom stereocenters. The van der Waals surface area contributed by atoms with Gasteiger partial charge < -0.3 is 15.1 Å². The van der Waals surface area contributed by atoms with E-state index < -0.39 is 0 Å². The van der Waals surface area contributed by atoms with Crippen molar-refractivity contribution in [3.8, 4) is 0 Å². The zero-order valence-electron chi connectivity index (χ0n) is 12.1. The van der Waals surface area contributed by atoms with Gasteiger partial charge in [0.15, 0.2) is 0 Å². The van der Waals surface area contributed by atoms with Crippen LogP contribution in [0, 0.1) is 26.7 Å². The van der Waals surface area contributed by atoms with E-state index in [2.05, 4.69) is 10.6 Å². The summed E-state index contributed by atoms with van der Waals surface area (Å²) in [5.41, 5.74) is 1.66. The number of carbonyl (C=O) groups excluding carboxylic acids is 1. The van der Waals surface area contributed by atoms with Crippen LogP contribution in [0.2, 0.25) is 0 Å². The maximum absolute atomic E-state index is 12.2. The SMILES string of the molecule is Cc1oc(C)c(C(=O)NCCC2CCCNC2)c1C. The maximum atomic E-state index is 12.2. The predicted molar refractivity (Wildman–Crippen MR) is 75.5 cm³/mol. The lowest BCUT2D eigenvalue weighted by atomic mass is 9.96. The van der Waals surface area contributed by atoms with Crippen LogP contribution in [0.15, 0.2) is 4.42 Å². The van der Waals surface area contributed by atoms with Crippen LogP contribution >= 0.6 is 0 Å². The highest BCUT2D eigenvalue weighted by Crippen LogP contribution is 2.20. The van der Waals surface area contributed by atoms with E-state index in [9.17, 15) is 4.79 Å². The van der Waals surface area contributed by atoms with E-state index in [1.807, 2.05) is 20.8 Å². The molecule has 0 spiro atoms. The molecule has 1 aromatic heterocycles. The minimum atomic E-state index is -0.00406. The number of rotatable bonds is 4. The van der Waals surface area contributed by atoms with Gasteiger partial charge in [-0.25, -0.2) is 0 Å². The highest BCUT2D eigenvalue weighted by molar-refractivity contribution is 5.96. The summed E-state index contributed by atoms with van der Waals surface area (Å²) in [5.74, 6) is 2.24. The lowest BCUT2D eigenvalue weighted by Gasteiger charge is -2.22. The second kappa shape index (κ2) is 6.24. The smallest absolute Gasteiger partial charge is 0.255 e. The average molecular weight is 264 g/mol. The van der Waals surface area contributed by atoms with Crippen molar-refractivity contribution in [2.75, 3.05) is 19.6 Å². The third-order valence-corrected chi connectivity index (χ3v) is 4.03. The van der Waals surface area contributed by atoms with Gasteiger partial charge in [-0.2, -0.15) is 0 Å². The van der Waals surface area contributed by atoms with Gasteiger partial charge in [-0.3, -0.25) is 4.79 Å². The molecule has 1 aliphatic rings. The molecule has 0 aromatic carbocycles. The van der Waals surface area contributed by atoms with E-state index in [4.69, 9.17) is 4.42 Å². The molecule has 1 aliphatic heterocycles. The van der Waals surface area contributed by atoms with Crippen molar-refractivity contribution in [3.05, 3.63) is 22.6 Å². The van der Waals surface area contributed by atoms with Crippen molar-refractivity contribution >= 4 is 5.91 Å². The van der Waals surface area contributed by atoms with E-state index in [-0.39, 0.29) is 5.91 Å². The van der Waals surface area contributed by atoms with Gasteiger partial charge in [0.05, 0.1) is 5.56 Å². The van der Waals surface area contributed by atoms with Crippen LogP contribution in [-0.4, -0.2) is 25.5 Å². The van der Waals surface area contributed by atoms with E-state index in [1.165, 1.54) is 12.8 Å². The summed E-state index contributed by atoms with van der Waals surface area (Å²) in [6.45, 7) is 8.64. The van der Waals surface area contributed by atoms with Crippen LogP contribution in [0.1, 0.15) is 46.7 Å². The zero-order chi connectivity index (χ0) is 13.8. The molecule has 19 heavy (non-hydrogen) atoms. The first kappa shape index (κ1) is 14.1. The molecular formula is C15H24N2O2. The number of carbonyl (C=O) groups is 1. The van der Waals surface area contributed by atoms with Gasteiger partial charge in [0.1, 0.15) is 11.5 Å². The van der Waals surface area contributed by atoms with Gasteiger partial charge in [-0.05, 0) is 59.0 Å². The fraction of sp³-hybridized carbons (Fsp3) is 0.667. The lowest BCUT2D eigenvalue weighted by molar-refractivity contribution is 0.0948. The quantitative estimate of drug-likeness (QED) is 0.877. The second-order valence-electron chi connectivity index (χ2n) is 5.47. The highest BCUT2D eigenvalue weighted by Gasteiger charge is 2.19. The lowest BCUT2D eigenvalue weighted by Crippen LogP contribution is -2.33. The van der Waals surface area contributed by atoms with Crippen molar-refractivity contribution < 1.29 is 9.21 Å². The van der Waals surface area contributed by atoms with Gasteiger partial charge in [-0.1, -0.05) is 0 Å². The Balaban J connectivity index is 1.84. The van der Waals surface area contributed by atoms with Gasteiger partial charge in [0.2, 0.25) is 0 Å². The van der Waals surface area contributed by atoms with Gasteiger partial charge in [-0.15, -0.1) is 0 Å². The number of nitrogens with one attached hydrogen (secondary N) is 2. The summed E-state index contributed by atoms with van der Waals surface area (Å²) >= 11 is 0. The van der Waals surface area contributed by atoms with Crippen LogP contribution in [0.5, 0.6) is 0 Å². The minimum Gasteiger partial charge on any atom is -0.466 e. The summed E-state index contributed by atoms with van der Waals surface area (Å²) in [6.07, 6.45) is 3.57. The summed E-state index contributed by atoms with van der Waals surface area (Å²) < 4.78 is 5.49. The van der Waals surface area contributed by atoms with E-state index in [1.54, 1.807) is 0 Å². The Hall–Kier alpha value is -1.29. The minimum absolute atomic E-state index is 0.00406. The molecule has 2 heterocycles. The van der Waals surface area contributed by atoms with E-state index >= 15 is 0 Å². The van der Waals surface area contributed by atoms with Crippen LogP contribution in [0.4, 0.5) is 0 Å². The third kappa shape index (κ3) is 3.38. The molecular weight excluding hydrogens is 240 g/mol. The Morgan fingerprint density at radius 2 is 2.16 bits per heavy atom. The molecule has 1 saturated heterocycles. The van der Waals surface area contributed by atoms with E-state index in [0.29, 0.717) is 17.2 Å². The van der Waals surface area contributed by atoms with Crippen molar-refractivity contribution in [1.82, 2.24) is 10.6 Å². The number of amides is 1. The number of furan rings is 1. The zero-order valence-corrected chi connectivity index (χ0v) is 12.1. The van der Waals surface area contributed by atoms with Gasteiger partial charge >= 0.3 is 0 Å². The van der Waals surface area contributed by atoms with Crippen LogP contribution in [0.25, 0.3) is 0 Å². The number of hydrogen-bond donors (Lipinski definition) is 2. The maximum Gasteiger partial charge on any atom is 0.255 e. The molecule has 0 radical (unpaired) electrons. The molecule has 0 bridgehead atoms. The van der Waals surface area contributed by atoms with Crippen molar-refractivity contribution in [2.45, 2.75) is 40.0 Å². The monoisotopic (exact) mass is 264 g/mol. The second-order valence-corrected chi connectivity index (χ2v) is 5.47. The molecule has 2 rings (SSSR count). The number of piperidine rings is 1. The Morgan fingerprint density at radius 1 is 1.37 bits per heavy atom. The topological polar surface area (TPSA) is 54.3 Å². The summed E-state index contributed by atoms with van der Waals surface area (Å²) in [7, 11) is 0. The first-order valence-corrected chi connectivity index (χ1v) is 7.15. The standard InChI is InChI=1S/C15H24N2O2/c1-10-11(2)19-12(3)14(10)15(18)17-8-6-13-5-4-7-16-9-13/h13,16H,4-9H2,1-3H3,(H,17,18). The summed E-state index contributed by atoms with van der Waals surface area (Å²) in [4.78, 5) is 12.2. The van der Waals surface area contributed by atoms with Crippen LogP contribution in [-0.2, 0) is 0 Å². The van der Waals surface area contributed by atoms with Crippen LogP contribution in [0.3, 0.4) is 0 Å². The van der Waals surface area contributed by atoms with Crippen molar-refractivity contribution in [1.29, 1.82) is 0 Å². The Morgan fingerprint density at radius 3 is 2.74 bits per heavy atom. The molecule has 1 aromatic rings. The summed E-state index contributed by atoms with van der Waals surface area (Å²) in [6, 6.07) is 0. The normalized spacial score (nSPS) is 19.4. The van der Waals surface area contributed by atoms with Crippen LogP contribution < -0.4 is 10.6 Å². The molecule has 1 fully saturated rings. The Bertz CT molecular complexity index is 445. The van der Waals surface area contributed by atoms with Gasteiger partial charge in [0, 0.05) is 12.1 Å². The predicted octanol–water partition coefficient (Wildman–Crippen LogP) is 2.32. The Kier molecular flexibility index (Phi) is 4.64. The molecule has 106 valence electrons. The van der Waals surface area contributed by atoms with Crippen molar-refractivity contribution in [2.24, 2.45) is 5.92 Å². The molecule has 1 atom stereocenters. The van der Waals surface area contributed by atoms with Gasteiger partial charge in [0.25, 0.3) is 5.91 Å². The number of hydrogen-bond acceptors (Lipinski definition) is 3. The first-order chi connectivity index (χ1) is 9.09. The third-order valence-electron chi connectivity index (χ3n) is 4.03. The molecule has 2 N–H and O–H groups in total. The molecule has 0 saturated carbocycles. The Labute approximate surface area is 114 Å². The molecule has 4 nitrogen and oxygen atoms in total. The molecule has 4 heteroatoms. The summed E-state index contributed by atoms with van der Waals surface area (Å²) in [5, 5.41) is 6.41.